The molecule has 0 amide bonds. The summed E-state index contributed by atoms with van der Waals surface area (Å²) in [4.78, 5) is 0. The van der Waals surface area contributed by atoms with Gasteiger partial charge in [0.2, 0.25) is 0 Å². The first kappa shape index (κ1) is 8.88. The summed E-state index contributed by atoms with van der Waals surface area (Å²) < 4.78 is 34.6. The molecule has 0 radical (unpaired) electrons. The van der Waals surface area contributed by atoms with Crippen LogP contribution in [0.1, 0.15) is 0 Å². The van der Waals surface area contributed by atoms with Crippen LogP contribution in [0.3, 0.4) is 0 Å². The highest BCUT2D eigenvalue weighted by molar-refractivity contribution is 7.83. The minimum absolute atomic E-state index is 0.103. The summed E-state index contributed by atoms with van der Waals surface area (Å²) >= 11 is 0. The molecule has 7 heteroatoms. The molecule has 1 saturated heterocycles. The van der Waals surface area contributed by atoms with Gasteiger partial charge in [-0.1, -0.05) is 0 Å². The summed E-state index contributed by atoms with van der Waals surface area (Å²) in [6.45, 7) is -0.208. The van der Waals surface area contributed by atoms with Gasteiger partial charge in [-0.25, -0.2) is 0 Å². The molecule has 1 rings (SSSR count). The van der Waals surface area contributed by atoms with E-state index in [4.69, 9.17) is 9.66 Å². The Morgan fingerprint density at radius 1 is 1.55 bits per heavy atom. The number of ether oxygens (including phenoxy) is 1. The number of hydrogen-bond donors (Lipinski definition) is 2. The number of β-amino-alcohol motifs (C(OH)–C–C–N with tert-alkyl or cyclic N) is 1. The molecule has 1 heterocycles. The van der Waals surface area contributed by atoms with Crippen LogP contribution in [0.5, 0.6) is 0 Å². The van der Waals surface area contributed by atoms with E-state index in [0.717, 1.165) is 0 Å². The van der Waals surface area contributed by atoms with E-state index in [2.05, 4.69) is 4.74 Å². The number of rotatable bonds is 1. The van der Waals surface area contributed by atoms with Crippen LogP contribution < -0.4 is 0 Å². The lowest BCUT2D eigenvalue weighted by atomic mass is 10.3. The highest BCUT2D eigenvalue weighted by atomic mass is 32.2. The molecule has 1 unspecified atom stereocenters. The Kier molecular flexibility index (Phi) is 2.45. The van der Waals surface area contributed by atoms with Gasteiger partial charge in [-0.2, -0.15) is 12.7 Å². The first-order valence-electron chi connectivity index (χ1n) is 2.98. The third kappa shape index (κ3) is 2.38. The van der Waals surface area contributed by atoms with Crippen molar-refractivity contribution in [2.45, 2.75) is 6.10 Å². The average molecular weight is 183 g/mol. The fourth-order valence-corrected chi connectivity index (χ4v) is 1.36. The van der Waals surface area contributed by atoms with Crippen LogP contribution in [0.15, 0.2) is 0 Å². The van der Waals surface area contributed by atoms with Crippen LogP contribution in [-0.4, -0.2) is 48.4 Å². The summed E-state index contributed by atoms with van der Waals surface area (Å²) in [6, 6.07) is 0. The fourth-order valence-electron chi connectivity index (χ4n) is 0.792. The fraction of sp³-hybridized carbons (Fsp3) is 1.00. The summed E-state index contributed by atoms with van der Waals surface area (Å²) in [5.74, 6) is 0. The Labute approximate surface area is 64.3 Å². The minimum atomic E-state index is -4.21. The molecule has 66 valence electrons. The summed E-state index contributed by atoms with van der Waals surface area (Å²) in [6.07, 6.45) is -0.856. The minimum Gasteiger partial charge on any atom is -0.389 e. The Morgan fingerprint density at radius 2 is 2.18 bits per heavy atom. The topological polar surface area (TPSA) is 87.1 Å². The van der Waals surface area contributed by atoms with Gasteiger partial charge in [0.05, 0.1) is 12.7 Å². The molecule has 6 nitrogen and oxygen atoms in total. The lowest BCUT2D eigenvalue weighted by Gasteiger charge is -2.26. The Hall–Kier alpha value is -0.210. The second-order valence-corrected chi connectivity index (χ2v) is 3.68. The van der Waals surface area contributed by atoms with Gasteiger partial charge in [-0.05, 0) is 0 Å². The van der Waals surface area contributed by atoms with Gasteiger partial charge >= 0.3 is 10.3 Å². The zero-order valence-corrected chi connectivity index (χ0v) is 6.49. The maximum Gasteiger partial charge on any atom is 0.337 e. The van der Waals surface area contributed by atoms with E-state index in [0.29, 0.717) is 4.31 Å². The molecule has 1 fully saturated rings. The molecule has 1 atom stereocenters. The van der Waals surface area contributed by atoms with Crippen LogP contribution in [0.2, 0.25) is 0 Å². The molecule has 0 aromatic carbocycles. The van der Waals surface area contributed by atoms with Crippen LogP contribution in [0.4, 0.5) is 0 Å². The monoisotopic (exact) mass is 183 g/mol. The first-order valence-corrected chi connectivity index (χ1v) is 4.38. The van der Waals surface area contributed by atoms with Crippen molar-refractivity contribution in [2.24, 2.45) is 0 Å². The Balaban J connectivity index is 2.60. The highest BCUT2D eigenvalue weighted by Gasteiger charge is 2.26. The summed E-state index contributed by atoms with van der Waals surface area (Å²) in [5.41, 5.74) is 0. The molecule has 1 aliphatic rings. The lowest BCUT2D eigenvalue weighted by molar-refractivity contribution is -0.0516. The van der Waals surface area contributed by atoms with Crippen LogP contribution >= 0.6 is 0 Å². The van der Waals surface area contributed by atoms with E-state index in [9.17, 15) is 8.42 Å². The van der Waals surface area contributed by atoms with Gasteiger partial charge in [0.15, 0.2) is 0 Å². The van der Waals surface area contributed by atoms with Crippen LogP contribution in [0.25, 0.3) is 0 Å². The molecule has 0 bridgehead atoms. The SMILES string of the molecule is O=S(=O)(O)N1COCC(O)C1. The van der Waals surface area contributed by atoms with E-state index >= 15 is 0 Å². The van der Waals surface area contributed by atoms with Gasteiger partial charge in [-0.3, -0.25) is 4.55 Å². The van der Waals surface area contributed by atoms with Crippen LogP contribution in [0, 0.1) is 0 Å². The zero-order valence-electron chi connectivity index (χ0n) is 5.67. The van der Waals surface area contributed by atoms with E-state index in [-0.39, 0.29) is 19.9 Å². The Bertz CT molecular complexity index is 225. The first-order chi connectivity index (χ1) is 5.00. The average Bonchev–Trinajstić information content (AvgIpc) is 1.86. The quantitative estimate of drug-likeness (QED) is 0.480. The maximum absolute atomic E-state index is 10.4. The molecule has 0 saturated carbocycles. The van der Waals surface area contributed by atoms with Crippen molar-refractivity contribution in [1.82, 2.24) is 4.31 Å². The predicted molar refractivity (Wildman–Crippen MR) is 35.1 cm³/mol. The van der Waals surface area contributed by atoms with E-state index < -0.39 is 16.4 Å². The molecule has 0 aromatic rings. The molecule has 0 spiro atoms. The molecular formula is C4H9NO5S. The largest absolute Gasteiger partial charge is 0.389 e. The molecule has 0 aliphatic carbocycles. The smallest absolute Gasteiger partial charge is 0.337 e. The highest BCUT2D eigenvalue weighted by Crippen LogP contribution is 2.05. The number of aliphatic hydroxyl groups excluding tert-OH is 1. The predicted octanol–water partition coefficient (Wildman–Crippen LogP) is -1.56. The Morgan fingerprint density at radius 3 is 2.55 bits per heavy atom. The normalized spacial score (nSPS) is 28.7. The van der Waals surface area contributed by atoms with E-state index in [1.54, 1.807) is 0 Å². The van der Waals surface area contributed by atoms with Gasteiger partial charge in [-0.15, -0.1) is 0 Å². The maximum atomic E-state index is 10.4. The van der Waals surface area contributed by atoms with Gasteiger partial charge in [0, 0.05) is 6.54 Å². The molecule has 0 aromatic heterocycles. The second kappa shape index (κ2) is 3.03. The van der Waals surface area contributed by atoms with Crippen molar-refractivity contribution in [1.29, 1.82) is 0 Å². The van der Waals surface area contributed by atoms with Crippen molar-refractivity contribution >= 4 is 10.3 Å². The van der Waals surface area contributed by atoms with Crippen molar-refractivity contribution in [3.63, 3.8) is 0 Å². The molecule has 1 aliphatic heterocycles. The third-order valence-electron chi connectivity index (χ3n) is 1.29. The van der Waals surface area contributed by atoms with Gasteiger partial charge in [0.25, 0.3) is 0 Å². The molecule has 2 N–H and O–H groups in total. The van der Waals surface area contributed by atoms with E-state index in [1.165, 1.54) is 0 Å². The number of nitrogens with zero attached hydrogens (tertiary/aromatic N) is 1. The van der Waals surface area contributed by atoms with Gasteiger partial charge < -0.3 is 9.84 Å². The van der Waals surface area contributed by atoms with E-state index in [1.807, 2.05) is 0 Å². The molecular weight excluding hydrogens is 174 g/mol. The van der Waals surface area contributed by atoms with Crippen molar-refractivity contribution in [3.05, 3.63) is 0 Å². The van der Waals surface area contributed by atoms with Crippen molar-refractivity contribution < 1.29 is 22.8 Å². The summed E-state index contributed by atoms with van der Waals surface area (Å²) in [7, 11) is -4.21. The summed E-state index contributed by atoms with van der Waals surface area (Å²) in [5, 5.41) is 8.90. The van der Waals surface area contributed by atoms with Crippen molar-refractivity contribution in [2.75, 3.05) is 19.9 Å². The standard InChI is InChI=1S/C4H9NO5S/c6-4-1-5(3-10-2-4)11(7,8)9/h4,6H,1-3H2,(H,7,8,9). The number of hydrogen-bond acceptors (Lipinski definition) is 4. The number of aliphatic hydroxyl groups is 1. The van der Waals surface area contributed by atoms with Crippen molar-refractivity contribution in [3.8, 4) is 0 Å². The lowest BCUT2D eigenvalue weighted by Crippen LogP contribution is -2.45. The molecule has 11 heavy (non-hydrogen) atoms. The third-order valence-corrected chi connectivity index (χ3v) is 2.19. The second-order valence-electron chi connectivity index (χ2n) is 2.27. The van der Waals surface area contributed by atoms with Gasteiger partial charge in [0.1, 0.15) is 6.73 Å². The zero-order chi connectivity index (χ0) is 8.48. The van der Waals surface area contributed by atoms with Crippen LogP contribution in [-0.2, 0) is 15.0 Å².